The second-order valence-corrected chi connectivity index (χ2v) is 10.0. The zero-order chi connectivity index (χ0) is 28.7. The molecule has 0 aliphatic rings. The van der Waals surface area contributed by atoms with Crippen LogP contribution in [0.3, 0.4) is 0 Å². The van der Waals surface area contributed by atoms with Crippen LogP contribution in [-0.4, -0.2) is 32.9 Å². The number of aromatic nitrogens is 4. The van der Waals surface area contributed by atoms with Crippen molar-refractivity contribution in [2.45, 2.75) is 19.8 Å². The van der Waals surface area contributed by atoms with Gasteiger partial charge in [0.1, 0.15) is 0 Å². The Morgan fingerprint density at radius 2 is 1.15 bits per heavy atom. The first-order chi connectivity index (χ1) is 19.2. The van der Waals surface area contributed by atoms with Gasteiger partial charge in [-0.3, -0.25) is 19.0 Å². The number of benzene rings is 3. The first-order valence-electron chi connectivity index (χ1n) is 12.8. The molecule has 3 aromatic carbocycles. The van der Waals surface area contributed by atoms with Gasteiger partial charge in [0.2, 0.25) is 0 Å². The zero-order valence-electron chi connectivity index (χ0n) is 23.3. The first kappa shape index (κ1) is 27.1. The van der Waals surface area contributed by atoms with Crippen LogP contribution in [0.5, 0.6) is 11.5 Å². The summed E-state index contributed by atoms with van der Waals surface area (Å²) in [6.07, 6.45) is 0. The highest BCUT2D eigenvalue weighted by Crippen LogP contribution is 2.42. The molecule has 0 N–H and O–H groups in total. The van der Waals surface area contributed by atoms with Gasteiger partial charge in [-0.25, -0.2) is 9.36 Å². The van der Waals surface area contributed by atoms with E-state index in [0.29, 0.717) is 33.2 Å². The highest BCUT2D eigenvalue weighted by Gasteiger charge is 2.34. The fourth-order valence-corrected chi connectivity index (χ4v) is 5.72. The molecule has 206 valence electrons. The molecule has 0 saturated carbocycles. The molecule has 5 rings (SSSR count). The van der Waals surface area contributed by atoms with Crippen molar-refractivity contribution in [3.8, 4) is 22.9 Å². The van der Waals surface area contributed by atoms with Gasteiger partial charge in [0.25, 0.3) is 11.1 Å². The Balaban J connectivity index is 1.88. The number of halogens is 1. The quantitative estimate of drug-likeness (QED) is 0.277. The molecule has 0 bridgehead atoms. The summed E-state index contributed by atoms with van der Waals surface area (Å²) in [5, 5.41) is 0.316. The lowest BCUT2D eigenvalue weighted by atomic mass is 9.85. The number of hydrogen-bond acceptors (Lipinski definition) is 4. The van der Waals surface area contributed by atoms with Crippen LogP contribution in [0.1, 0.15) is 34.0 Å². The lowest BCUT2D eigenvalue weighted by molar-refractivity contribution is 0.354. The molecular weight excluding hydrogens is 528 g/mol. The SMILES string of the molecule is COc1cc(C(c2c(C)n(C)n(-c3ccccc3)c2=O)c2c(C)n(C)n(-c3ccccc3)c2=O)cc(Cl)c1OC. The number of methoxy groups -OCH3 is 2. The predicted molar refractivity (Wildman–Crippen MR) is 157 cm³/mol. The van der Waals surface area contributed by atoms with E-state index in [9.17, 15) is 9.59 Å². The largest absolute Gasteiger partial charge is 0.493 e. The highest BCUT2D eigenvalue weighted by atomic mass is 35.5. The fraction of sp³-hybridized carbons (Fsp3) is 0.226. The predicted octanol–water partition coefficient (Wildman–Crippen LogP) is 5.13. The number of rotatable bonds is 7. The maximum Gasteiger partial charge on any atom is 0.275 e. The second kappa shape index (κ2) is 10.6. The van der Waals surface area contributed by atoms with Gasteiger partial charge in [-0.05, 0) is 55.8 Å². The van der Waals surface area contributed by atoms with E-state index >= 15 is 0 Å². The molecule has 0 spiro atoms. The Labute approximate surface area is 237 Å². The van der Waals surface area contributed by atoms with Crippen LogP contribution >= 0.6 is 11.6 Å². The van der Waals surface area contributed by atoms with Crippen molar-refractivity contribution in [3.05, 3.63) is 127 Å². The summed E-state index contributed by atoms with van der Waals surface area (Å²) in [5.41, 5.74) is 4.02. The first-order valence-corrected chi connectivity index (χ1v) is 13.2. The monoisotopic (exact) mass is 558 g/mol. The molecule has 2 aromatic heterocycles. The van der Waals surface area contributed by atoms with Gasteiger partial charge < -0.3 is 9.47 Å². The van der Waals surface area contributed by atoms with Crippen LogP contribution in [0.2, 0.25) is 5.02 Å². The normalized spacial score (nSPS) is 11.3. The molecule has 0 fully saturated rings. The average Bonchev–Trinajstić information content (AvgIpc) is 3.32. The number of para-hydroxylation sites is 2. The zero-order valence-corrected chi connectivity index (χ0v) is 24.1. The summed E-state index contributed by atoms with van der Waals surface area (Å²) in [4.78, 5) is 28.6. The van der Waals surface area contributed by atoms with Crippen LogP contribution in [0.25, 0.3) is 11.4 Å². The van der Waals surface area contributed by atoms with E-state index in [2.05, 4.69) is 0 Å². The van der Waals surface area contributed by atoms with E-state index in [1.807, 2.05) is 98.0 Å². The average molecular weight is 559 g/mol. The third-order valence-electron chi connectivity index (χ3n) is 7.56. The van der Waals surface area contributed by atoms with Crippen LogP contribution in [0.4, 0.5) is 0 Å². The Bertz CT molecular complexity index is 1710. The van der Waals surface area contributed by atoms with Crippen LogP contribution in [-0.2, 0) is 14.1 Å². The van der Waals surface area contributed by atoms with Crippen molar-refractivity contribution >= 4 is 11.6 Å². The standard InChI is InChI=1S/C31H31ClN4O4/c1-19-26(30(37)35(33(19)3)22-13-9-7-10-14-22)28(21-17-24(32)29(40-6)25(18-21)39-5)27-20(2)34(4)36(31(27)38)23-15-11-8-12-16-23/h7-18,28H,1-6H3. The van der Waals surface area contributed by atoms with Gasteiger partial charge in [0, 0.05) is 31.4 Å². The minimum absolute atomic E-state index is 0.226. The fourth-order valence-electron chi connectivity index (χ4n) is 5.43. The second-order valence-electron chi connectivity index (χ2n) is 9.62. The van der Waals surface area contributed by atoms with E-state index in [-0.39, 0.29) is 11.1 Å². The molecule has 0 amide bonds. The van der Waals surface area contributed by atoms with Gasteiger partial charge in [-0.1, -0.05) is 48.0 Å². The number of ether oxygens (including phenoxy) is 2. The molecule has 2 heterocycles. The molecule has 0 unspecified atom stereocenters. The summed E-state index contributed by atoms with van der Waals surface area (Å²) in [6, 6.07) is 22.4. The summed E-state index contributed by atoms with van der Waals surface area (Å²) in [6.45, 7) is 3.78. The maximum absolute atomic E-state index is 14.3. The molecular formula is C31H31ClN4O4. The van der Waals surface area contributed by atoms with Crippen molar-refractivity contribution in [2.24, 2.45) is 14.1 Å². The van der Waals surface area contributed by atoms with Crippen molar-refractivity contribution < 1.29 is 9.47 Å². The van der Waals surface area contributed by atoms with E-state index in [0.717, 1.165) is 22.8 Å². The minimum atomic E-state index is -0.746. The Hall–Kier alpha value is -4.43. The summed E-state index contributed by atoms with van der Waals surface area (Å²) in [7, 11) is 6.72. The Morgan fingerprint density at radius 3 is 1.55 bits per heavy atom. The van der Waals surface area contributed by atoms with E-state index in [1.165, 1.54) is 14.2 Å². The van der Waals surface area contributed by atoms with Crippen molar-refractivity contribution in [1.29, 1.82) is 0 Å². The van der Waals surface area contributed by atoms with Crippen LogP contribution in [0, 0.1) is 13.8 Å². The van der Waals surface area contributed by atoms with E-state index in [1.54, 1.807) is 21.5 Å². The van der Waals surface area contributed by atoms with Gasteiger partial charge in [0.05, 0.1) is 41.7 Å². The topological polar surface area (TPSA) is 72.3 Å². The summed E-state index contributed by atoms with van der Waals surface area (Å²) < 4.78 is 18.0. The lowest BCUT2D eigenvalue weighted by Crippen LogP contribution is -2.26. The molecule has 0 aliphatic carbocycles. The van der Waals surface area contributed by atoms with Crippen molar-refractivity contribution in [2.75, 3.05) is 14.2 Å². The van der Waals surface area contributed by atoms with Gasteiger partial charge in [-0.2, -0.15) is 0 Å². The molecule has 0 atom stereocenters. The molecule has 40 heavy (non-hydrogen) atoms. The highest BCUT2D eigenvalue weighted by molar-refractivity contribution is 6.32. The van der Waals surface area contributed by atoms with Crippen LogP contribution < -0.4 is 20.6 Å². The van der Waals surface area contributed by atoms with Gasteiger partial charge in [0.15, 0.2) is 11.5 Å². The Kier molecular flexibility index (Phi) is 7.21. The lowest BCUT2D eigenvalue weighted by Gasteiger charge is -2.19. The van der Waals surface area contributed by atoms with Crippen LogP contribution in [0.15, 0.2) is 82.4 Å². The molecule has 9 heteroatoms. The minimum Gasteiger partial charge on any atom is -0.493 e. The summed E-state index contributed by atoms with van der Waals surface area (Å²) in [5.74, 6) is 0.0400. The number of nitrogens with zero attached hydrogens (tertiary/aromatic N) is 4. The smallest absolute Gasteiger partial charge is 0.275 e. The number of hydrogen-bond donors (Lipinski definition) is 0. The van der Waals surface area contributed by atoms with E-state index < -0.39 is 5.92 Å². The van der Waals surface area contributed by atoms with Crippen molar-refractivity contribution in [1.82, 2.24) is 18.7 Å². The molecule has 8 nitrogen and oxygen atoms in total. The van der Waals surface area contributed by atoms with E-state index in [4.69, 9.17) is 21.1 Å². The van der Waals surface area contributed by atoms with Crippen molar-refractivity contribution in [3.63, 3.8) is 0 Å². The maximum atomic E-state index is 14.3. The molecule has 0 saturated heterocycles. The molecule has 5 aromatic rings. The summed E-state index contributed by atoms with van der Waals surface area (Å²) >= 11 is 6.67. The van der Waals surface area contributed by atoms with Gasteiger partial charge >= 0.3 is 0 Å². The third-order valence-corrected chi connectivity index (χ3v) is 7.84. The Morgan fingerprint density at radius 1 is 0.700 bits per heavy atom. The third kappa shape index (κ3) is 4.25. The molecule has 0 radical (unpaired) electrons. The van der Waals surface area contributed by atoms with Gasteiger partial charge in [-0.15, -0.1) is 0 Å². The molecule has 0 aliphatic heterocycles.